The van der Waals surface area contributed by atoms with E-state index < -0.39 is 4.92 Å². The van der Waals surface area contributed by atoms with Crippen molar-refractivity contribution in [2.24, 2.45) is 0 Å². The molecular formula is C9H10ClN3O3. The van der Waals surface area contributed by atoms with Gasteiger partial charge in [0.15, 0.2) is 0 Å². The molecule has 2 N–H and O–H groups in total. The Kier molecular flexibility index (Phi) is 4.21. The Morgan fingerprint density at radius 2 is 2.25 bits per heavy atom. The lowest BCUT2D eigenvalue weighted by Gasteiger charge is -2.05. The van der Waals surface area contributed by atoms with E-state index in [2.05, 4.69) is 10.6 Å². The Hall–Kier alpha value is -1.66. The van der Waals surface area contributed by atoms with Crippen molar-refractivity contribution in [1.29, 1.82) is 0 Å². The van der Waals surface area contributed by atoms with Crippen molar-refractivity contribution >= 4 is 28.9 Å². The summed E-state index contributed by atoms with van der Waals surface area (Å²) in [6, 6.07) is 4.06. The molecule has 86 valence electrons. The minimum atomic E-state index is -0.596. The number of hydrogen-bond donors (Lipinski definition) is 2. The molecule has 7 heteroatoms. The summed E-state index contributed by atoms with van der Waals surface area (Å²) in [5.74, 6) is -0.354. The number of carbonyl (C=O) groups excluding carboxylic acids is 1. The summed E-state index contributed by atoms with van der Waals surface area (Å²) in [6.07, 6.45) is 0. The van der Waals surface area contributed by atoms with Crippen molar-refractivity contribution in [3.8, 4) is 0 Å². The molecule has 0 unspecified atom stereocenters. The number of likely N-dealkylation sites (N-methyl/N-ethyl adjacent to an activating group) is 1. The van der Waals surface area contributed by atoms with Crippen LogP contribution in [-0.4, -0.2) is 24.4 Å². The highest BCUT2D eigenvalue weighted by atomic mass is 35.5. The number of amides is 1. The molecule has 0 fully saturated rings. The summed E-state index contributed by atoms with van der Waals surface area (Å²) in [4.78, 5) is 21.3. The van der Waals surface area contributed by atoms with E-state index in [1.807, 2.05) is 0 Å². The molecule has 0 saturated carbocycles. The number of rotatable bonds is 4. The molecule has 0 bridgehead atoms. The molecule has 0 radical (unpaired) electrons. The minimum Gasteiger partial charge on any atom is -0.319 e. The lowest BCUT2D eigenvalue weighted by Crippen LogP contribution is -2.25. The third kappa shape index (κ3) is 3.18. The average molecular weight is 244 g/mol. The zero-order valence-electron chi connectivity index (χ0n) is 8.49. The normalized spacial score (nSPS) is 9.88. The van der Waals surface area contributed by atoms with Gasteiger partial charge >= 0.3 is 0 Å². The van der Waals surface area contributed by atoms with Crippen LogP contribution in [0.1, 0.15) is 0 Å². The first-order valence-electron chi connectivity index (χ1n) is 4.43. The van der Waals surface area contributed by atoms with E-state index in [4.69, 9.17) is 11.6 Å². The molecule has 0 spiro atoms. The van der Waals surface area contributed by atoms with Gasteiger partial charge in [0, 0.05) is 11.1 Å². The van der Waals surface area contributed by atoms with Gasteiger partial charge in [0.25, 0.3) is 5.69 Å². The summed E-state index contributed by atoms with van der Waals surface area (Å²) >= 11 is 5.63. The van der Waals surface area contributed by atoms with Gasteiger partial charge in [-0.1, -0.05) is 11.6 Å². The maximum atomic E-state index is 11.2. The average Bonchev–Trinajstić information content (AvgIpc) is 2.20. The largest absolute Gasteiger partial charge is 0.319 e. The molecule has 0 atom stereocenters. The molecule has 6 nitrogen and oxygen atoms in total. The summed E-state index contributed by atoms with van der Waals surface area (Å²) in [5, 5.41) is 16.0. The fourth-order valence-corrected chi connectivity index (χ4v) is 1.28. The van der Waals surface area contributed by atoms with Crippen LogP contribution >= 0.6 is 11.6 Å². The van der Waals surface area contributed by atoms with E-state index in [-0.39, 0.29) is 28.8 Å². The molecule has 0 aliphatic rings. The van der Waals surface area contributed by atoms with E-state index in [9.17, 15) is 14.9 Å². The van der Waals surface area contributed by atoms with Gasteiger partial charge in [-0.05, 0) is 19.2 Å². The van der Waals surface area contributed by atoms with Crippen LogP contribution in [0.4, 0.5) is 11.4 Å². The zero-order valence-corrected chi connectivity index (χ0v) is 9.25. The van der Waals surface area contributed by atoms with Crippen LogP contribution in [0.25, 0.3) is 0 Å². The summed E-state index contributed by atoms with van der Waals surface area (Å²) in [5.41, 5.74) is -0.0911. The molecule has 0 aliphatic carbocycles. The van der Waals surface area contributed by atoms with E-state index in [1.54, 1.807) is 7.05 Å². The molecule has 0 saturated heterocycles. The van der Waals surface area contributed by atoms with Gasteiger partial charge < -0.3 is 10.6 Å². The minimum absolute atomic E-state index is 0.0831. The number of benzene rings is 1. The van der Waals surface area contributed by atoms with Crippen molar-refractivity contribution < 1.29 is 9.72 Å². The Bertz CT molecular complexity index is 422. The van der Waals surface area contributed by atoms with Gasteiger partial charge in [-0.15, -0.1) is 0 Å². The van der Waals surface area contributed by atoms with Gasteiger partial charge in [0.2, 0.25) is 5.91 Å². The fourth-order valence-electron chi connectivity index (χ4n) is 1.12. The van der Waals surface area contributed by atoms with Crippen LogP contribution in [-0.2, 0) is 4.79 Å². The topological polar surface area (TPSA) is 84.3 Å². The number of nitrogens with zero attached hydrogens (tertiary/aromatic N) is 1. The van der Waals surface area contributed by atoms with Crippen LogP contribution in [0.5, 0.6) is 0 Å². The van der Waals surface area contributed by atoms with Crippen molar-refractivity contribution in [3.63, 3.8) is 0 Å². The maximum Gasteiger partial charge on any atom is 0.294 e. The molecule has 1 aromatic rings. The van der Waals surface area contributed by atoms with E-state index in [0.717, 1.165) is 0 Å². The monoisotopic (exact) mass is 243 g/mol. The molecule has 1 amide bonds. The number of hydrogen-bond acceptors (Lipinski definition) is 4. The molecule has 16 heavy (non-hydrogen) atoms. The first kappa shape index (κ1) is 12.4. The van der Waals surface area contributed by atoms with Gasteiger partial charge in [0.1, 0.15) is 5.69 Å². The third-order valence-corrected chi connectivity index (χ3v) is 2.00. The highest BCUT2D eigenvalue weighted by molar-refractivity contribution is 6.31. The maximum absolute atomic E-state index is 11.2. The Morgan fingerprint density at radius 3 is 2.81 bits per heavy atom. The van der Waals surface area contributed by atoms with Crippen molar-refractivity contribution in [2.45, 2.75) is 0 Å². The molecular weight excluding hydrogens is 234 g/mol. The Balaban J connectivity index is 2.95. The number of anilines is 1. The lowest BCUT2D eigenvalue weighted by molar-refractivity contribution is -0.383. The lowest BCUT2D eigenvalue weighted by atomic mass is 10.2. The molecule has 0 aliphatic heterocycles. The second-order valence-electron chi connectivity index (χ2n) is 3.00. The summed E-state index contributed by atoms with van der Waals surface area (Å²) < 4.78 is 0. The number of nitro benzene ring substituents is 1. The standard InChI is InChI=1S/C9H10ClN3O3/c1-11-5-9(14)12-7-3-2-6(10)4-8(7)13(15)16/h2-4,11H,5H2,1H3,(H,12,14). The number of nitrogens with one attached hydrogen (secondary N) is 2. The number of carbonyl (C=O) groups is 1. The summed E-state index contributed by atoms with van der Waals surface area (Å²) in [7, 11) is 1.61. The zero-order chi connectivity index (χ0) is 12.1. The van der Waals surface area contributed by atoms with Gasteiger partial charge in [0.05, 0.1) is 11.5 Å². The number of nitro groups is 1. The van der Waals surface area contributed by atoms with Crippen LogP contribution in [0, 0.1) is 10.1 Å². The summed E-state index contributed by atoms with van der Waals surface area (Å²) in [6.45, 7) is 0.0831. The SMILES string of the molecule is CNCC(=O)Nc1ccc(Cl)cc1[N+](=O)[O-]. The Labute approximate surface area is 96.7 Å². The first-order valence-corrected chi connectivity index (χ1v) is 4.80. The highest BCUT2D eigenvalue weighted by Gasteiger charge is 2.15. The third-order valence-electron chi connectivity index (χ3n) is 1.77. The predicted molar refractivity (Wildman–Crippen MR) is 60.7 cm³/mol. The fraction of sp³-hybridized carbons (Fsp3) is 0.222. The quantitative estimate of drug-likeness (QED) is 0.619. The van der Waals surface area contributed by atoms with Gasteiger partial charge in [-0.2, -0.15) is 0 Å². The van der Waals surface area contributed by atoms with Crippen LogP contribution < -0.4 is 10.6 Å². The highest BCUT2D eigenvalue weighted by Crippen LogP contribution is 2.27. The Morgan fingerprint density at radius 1 is 1.56 bits per heavy atom. The molecule has 1 aromatic carbocycles. The number of halogens is 1. The van der Waals surface area contributed by atoms with Crippen LogP contribution in [0.2, 0.25) is 5.02 Å². The van der Waals surface area contributed by atoms with Crippen molar-refractivity contribution in [3.05, 3.63) is 33.3 Å². The van der Waals surface area contributed by atoms with E-state index in [1.165, 1.54) is 18.2 Å². The van der Waals surface area contributed by atoms with Crippen molar-refractivity contribution in [1.82, 2.24) is 5.32 Å². The van der Waals surface area contributed by atoms with E-state index >= 15 is 0 Å². The molecule has 0 aromatic heterocycles. The van der Waals surface area contributed by atoms with Gasteiger partial charge in [-0.3, -0.25) is 14.9 Å². The first-order chi connectivity index (χ1) is 7.54. The van der Waals surface area contributed by atoms with Gasteiger partial charge in [-0.25, -0.2) is 0 Å². The van der Waals surface area contributed by atoms with E-state index in [0.29, 0.717) is 0 Å². The predicted octanol–water partition coefficient (Wildman–Crippen LogP) is 1.41. The van der Waals surface area contributed by atoms with Crippen molar-refractivity contribution in [2.75, 3.05) is 18.9 Å². The molecule has 0 heterocycles. The second-order valence-corrected chi connectivity index (χ2v) is 3.43. The smallest absolute Gasteiger partial charge is 0.294 e. The molecule has 1 rings (SSSR count). The second kappa shape index (κ2) is 5.43. The van der Waals surface area contributed by atoms with Crippen LogP contribution in [0.3, 0.4) is 0 Å². The van der Waals surface area contributed by atoms with Crippen LogP contribution in [0.15, 0.2) is 18.2 Å².